The minimum Gasteiger partial charge on any atom is -0.491 e. The first kappa shape index (κ1) is 12.8. The molecule has 0 aliphatic rings. The number of aliphatic hydroxyl groups excluding tert-OH is 1. The molecule has 4 nitrogen and oxygen atoms in total. The molecule has 1 atom stereocenters. The Morgan fingerprint density at radius 2 is 2.12 bits per heavy atom. The molecule has 0 aromatic heterocycles. The Morgan fingerprint density at radius 3 is 2.75 bits per heavy atom. The highest BCUT2D eigenvalue weighted by Crippen LogP contribution is 2.18. The van der Waals surface area contributed by atoms with Gasteiger partial charge in [-0.05, 0) is 18.1 Å². The average Bonchev–Trinajstić information content (AvgIpc) is 2.27. The van der Waals surface area contributed by atoms with E-state index >= 15 is 0 Å². The zero-order chi connectivity index (χ0) is 12.0. The number of ether oxygens (including phenoxy) is 1. The number of rotatable bonds is 6. The summed E-state index contributed by atoms with van der Waals surface area (Å²) in [5, 5.41) is 16.3. The fraction of sp³-hybridized carbons (Fsp3) is 0.364. The van der Waals surface area contributed by atoms with E-state index in [4.69, 9.17) is 26.6 Å². The van der Waals surface area contributed by atoms with E-state index in [1.54, 1.807) is 12.1 Å². The highest BCUT2D eigenvalue weighted by Gasteiger charge is 2.14. The Bertz CT molecular complexity index is 354. The van der Waals surface area contributed by atoms with Gasteiger partial charge >= 0.3 is 5.97 Å². The van der Waals surface area contributed by atoms with Gasteiger partial charge in [0, 0.05) is 6.61 Å². The number of alkyl halides is 1. The van der Waals surface area contributed by atoms with Gasteiger partial charge < -0.3 is 14.9 Å². The summed E-state index contributed by atoms with van der Waals surface area (Å²) in [6.07, 6.45) is 0.468. The largest absolute Gasteiger partial charge is 0.491 e. The maximum atomic E-state index is 10.5. The van der Waals surface area contributed by atoms with Crippen molar-refractivity contribution in [1.82, 2.24) is 0 Å². The van der Waals surface area contributed by atoms with Crippen LogP contribution in [0, 0.1) is 0 Å². The Balaban J connectivity index is 2.62. The Hall–Kier alpha value is -1.26. The lowest BCUT2D eigenvalue weighted by molar-refractivity contribution is -0.137. The molecule has 5 heteroatoms. The van der Waals surface area contributed by atoms with Crippen LogP contribution in [0.5, 0.6) is 5.75 Å². The fourth-order valence-electron chi connectivity index (χ4n) is 1.21. The molecule has 1 rings (SSSR count). The van der Waals surface area contributed by atoms with E-state index in [0.717, 1.165) is 5.56 Å². The SMILES string of the molecule is O=C(O)C(Cl)COc1ccccc1CCO. The molecule has 1 unspecified atom stereocenters. The molecule has 0 bridgehead atoms. The maximum Gasteiger partial charge on any atom is 0.325 e. The van der Waals surface area contributed by atoms with Crippen LogP contribution in [0.25, 0.3) is 0 Å². The highest BCUT2D eigenvalue weighted by atomic mass is 35.5. The number of benzene rings is 1. The first-order valence-electron chi connectivity index (χ1n) is 4.83. The molecule has 2 N–H and O–H groups in total. The van der Waals surface area contributed by atoms with Crippen LogP contribution in [-0.2, 0) is 11.2 Å². The van der Waals surface area contributed by atoms with Crippen molar-refractivity contribution in [3.63, 3.8) is 0 Å². The number of aliphatic hydroxyl groups is 1. The number of para-hydroxylation sites is 1. The van der Waals surface area contributed by atoms with Crippen LogP contribution in [0.4, 0.5) is 0 Å². The van der Waals surface area contributed by atoms with Gasteiger partial charge in [-0.1, -0.05) is 18.2 Å². The molecule has 0 saturated heterocycles. The number of hydrogen-bond donors (Lipinski definition) is 2. The van der Waals surface area contributed by atoms with E-state index in [9.17, 15) is 4.79 Å². The summed E-state index contributed by atoms with van der Waals surface area (Å²) in [6, 6.07) is 7.14. The third-order valence-corrected chi connectivity index (χ3v) is 2.32. The molecular weight excluding hydrogens is 232 g/mol. The van der Waals surface area contributed by atoms with Crippen molar-refractivity contribution in [2.24, 2.45) is 0 Å². The van der Waals surface area contributed by atoms with E-state index in [2.05, 4.69) is 0 Å². The second-order valence-electron chi connectivity index (χ2n) is 3.20. The minimum atomic E-state index is -1.11. The molecule has 16 heavy (non-hydrogen) atoms. The van der Waals surface area contributed by atoms with Gasteiger partial charge in [0.15, 0.2) is 5.38 Å². The normalized spacial score (nSPS) is 12.1. The Labute approximate surface area is 98.4 Å². The van der Waals surface area contributed by atoms with Crippen molar-refractivity contribution >= 4 is 17.6 Å². The van der Waals surface area contributed by atoms with Gasteiger partial charge in [0.25, 0.3) is 0 Å². The zero-order valence-corrected chi connectivity index (χ0v) is 9.35. The smallest absolute Gasteiger partial charge is 0.325 e. The third kappa shape index (κ3) is 3.72. The highest BCUT2D eigenvalue weighted by molar-refractivity contribution is 6.29. The van der Waals surface area contributed by atoms with Gasteiger partial charge in [0.2, 0.25) is 0 Å². The monoisotopic (exact) mass is 244 g/mol. The molecule has 0 spiro atoms. The van der Waals surface area contributed by atoms with Gasteiger partial charge in [-0.15, -0.1) is 11.6 Å². The van der Waals surface area contributed by atoms with Gasteiger partial charge in [-0.25, -0.2) is 0 Å². The fourth-order valence-corrected chi connectivity index (χ4v) is 1.27. The predicted molar refractivity (Wildman–Crippen MR) is 60.0 cm³/mol. The van der Waals surface area contributed by atoms with Crippen molar-refractivity contribution in [1.29, 1.82) is 0 Å². The molecule has 1 aromatic rings. The summed E-state index contributed by atoms with van der Waals surface area (Å²) in [7, 11) is 0. The Morgan fingerprint density at radius 1 is 1.44 bits per heavy atom. The lowest BCUT2D eigenvalue weighted by atomic mass is 10.1. The van der Waals surface area contributed by atoms with Gasteiger partial charge in [-0.3, -0.25) is 4.79 Å². The van der Waals surface area contributed by atoms with Gasteiger partial charge in [0.1, 0.15) is 12.4 Å². The molecule has 0 aliphatic heterocycles. The predicted octanol–water partition coefficient (Wildman–Crippen LogP) is 1.29. The quantitative estimate of drug-likeness (QED) is 0.740. The van der Waals surface area contributed by atoms with E-state index in [-0.39, 0.29) is 13.2 Å². The van der Waals surface area contributed by atoms with E-state index in [1.165, 1.54) is 0 Å². The summed E-state index contributed by atoms with van der Waals surface area (Å²) in [5.41, 5.74) is 0.833. The number of aliphatic carboxylic acids is 1. The lowest BCUT2D eigenvalue weighted by Crippen LogP contribution is -2.21. The first-order valence-corrected chi connectivity index (χ1v) is 5.27. The lowest BCUT2D eigenvalue weighted by Gasteiger charge is -2.11. The van der Waals surface area contributed by atoms with E-state index in [0.29, 0.717) is 12.2 Å². The molecule has 0 radical (unpaired) electrons. The summed E-state index contributed by atoms with van der Waals surface area (Å²) in [4.78, 5) is 10.5. The van der Waals surface area contributed by atoms with E-state index < -0.39 is 11.3 Å². The molecule has 88 valence electrons. The van der Waals surface area contributed by atoms with Crippen LogP contribution in [0.3, 0.4) is 0 Å². The van der Waals surface area contributed by atoms with Gasteiger partial charge in [0.05, 0.1) is 0 Å². The molecule has 0 fully saturated rings. The van der Waals surface area contributed by atoms with Crippen LogP contribution < -0.4 is 4.74 Å². The molecule has 1 aromatic carbocycles. The minimum absolute atomic E-state index is 0.0175. The second kappa shape index (κ2) is 6.35. The average molecular weight is 245 g/mol. The van der Waals surface area contributed by atoms with Crippen LogP contribution >= 0.6 is 11.6 Å². The number of carboxylic acids is 1. The zero-order valence-electron chi connectivity index (χ0n) is 8.60. The van der Waals surface area contributed by atoms with Crippen molar-refractivity contribution in [2.75, 3.05) is 13.2 Å². The van der Waals surface area contributed by atoms with Crippen LogP contribution in [0.1, 0.15) is 5.56 Å². The van der Waals surface area contributed by atoms with Crippen LogP contribution in [0.2, 0.25) is 0 Å². The second-order valence-corrected chi connectivity index (χ2v) is 3.72. The number of hydrogen-bond acceptors (Lipinski definition) is 3. The first-order chi connectivity index (χ1) is 7.65. The molecule has 0 heterocycles. The topological polar surface area (TPSA) is 66.8 Å². The number of carboxylic acid groups (broad SMARTS) is 1. The van der Waals surface area contributed by atoms with Crippen LogP contribution in [0.15, 0.2) is 24.3 Å². The third-order valence-electron chi connectivity index (χ3n) is 2.01. The summed E-state index contributed by atoms with van der Waals surface area (Å²) in [6.45, 7) is -0.0804. The standard InChI is InChI=1S/C11H13ClO4/c12-9(11(14)15)7-16-10-4-2-1-3-8(10)5-6-13/h1-4,9,13H,5-7H2,(H,14,15). The molecule has 0 saturated carbocycles. The number of halogens is 1. The summed E-state index contributed by atoms with van der Waals surface area (Å²) < 4.78 is 5.29. The van der Waals surface area contributed by atoms with E-state index in [1.807, 2.05) is 12.1 Å². The maximum absolute atomic E-state index is 10.5. The van der Waals surface area contributed by atoms with Crippen molar-refractivity contribution < 1.29 is 19.7 Å². The summed E-state index contributed by atoms with van der Waals surface area (Å²) >= 11 is 5.52. The van der Waals surface area contributed by atoms with Crippen molar-refractivity contribution in [3.05, 3.63) is 29.8 Å². The Kier molecular flexibility index (Phi) is 5.08. The van der Waals surface area contributed by atoms with Gasteiger partial charge in [-0.2, -0.15) is 0 Å². The molecule has 0 amide bonds. The molecular formula is C11H13ClO4. The number of carbonyl (C=O) groups is 1. The van der Waals surface area contributed by atoms with Crippen LogP contribution in [-0.4, -0.2) is 34.8 Å². The summed E-state index contributed by atoms with van der Waals surface area (Å²) in [5.74, 6) is -0.551. The molecule has 0 aliphatic carbocycles. The van der Waals surface area contributed by atoms with Crippen molar-refractivity contribution in [2.45, 2.75) is 11.8 Å². The van der Waals surface area contributed by atoms with Crippen molar-refractivity contribution in [3.8, 4) is 5.75 Å².